The second-order valence-electron chi connectivity index (χ2n) is 10.7. The number of aromatic nitrogens is 3. The highest BCUT2D eigenvalue weighted by molar-refractivity contribution is 7.99. The topological polar surface area (TPSA) is 83.6 Å². The molecule has 2 heterocycles. The van der Waals surface area contributed by atoms with Gasteiger partial charge in [0, 0.05) is 17.8 Å². The van der Waals surface area contributed by atoms with Crippen LogP contribution in [0.25, 0.3) is 0 Å². The van der Waals surface area contributed by atoms with E-state index in [4.69, 9.17) is 0 Å². The number of benzene rings is 1. The maximum absolute atomic E-state index is 12.8. The van der Waals surface area contributed by atoms with Crippen LogP contribution in [0.4, 0.5) is 5.00 Å². The van der Waals surface area contributed by atoms with Gasteiger partial charge in [0.05, 0.1) is 11.3 Å². The number of carbonyl (C=O) groups is 1. The van der Waals surface area contributed by atoms with Crippen LogP contribution in [-0.4, -0.2) is 26.4 Å². The van der Waals surface area contributed by atoms with Crippen LogP contribution in [0.3, 0.4) is 0 Å². The summed E-state index contributed by atoms with van der Waals surface area (Å²) >= 11 is 2.98. The van der Waals surface area contributed by atoms with E-state index in [0.717, 1.165) is 48.6 Å². The van der Waals surface area contributed by atoms with Gasteiger partial charge in [-0.3, -0.25) is 4.79 Å². The van der Waals surface area contributed by atoms with Crippen LogP contribution in [0, 0.1) is 22.7 Å². The minimum absolute atomic E-state index is 0.112. The van der Waals surface area contributed by atoms with Crippen molar-refractivity contribution >= 4 is 34.0 Å². The Kier molecular flexibility index (Phi) is 6.97. The second-order valence-corrected chi connectivity index (χ2v) is 12.7. The van der Waals surface area contributed by atoms with E-state index >= 15 is 0 Å². The van der Waals surface area contributed by atoms with Crippen LogP contribution < -0.4 is 5.32 Å². The fourth-order valence-electron chi connectivity index (χ4n) is 5.36. The van der Waals surface area contributed by atoms with E-state index in [9.17, 15) is 10.1 Å². The van der Waals surface area contributed by atoms with Gasteiger partial charge in [-0.25, -0.2) is 0 Å². The molecule has 36 heavy (non-hydrogen) atoms. The highest BCUT2D eigenvalue weighted by Gasteiger charge is 2.43. The summed E-state index contributed by atoms with van der Waals surface area (Å²) in [4.78, 5) is 14.1. The fraction of sp³-hybridized carbons (Fsp3) is 0.500. The number of anilines is 1. The third-order valence-electron chi connectivity index (χ3n) is 8.20. The molecule has 0 radical (unpaired) electrons. The van der Waals surface area contributed by atoms with Gasteiger partial charge in [-0.15, -0.1) is 21.5 Å². The van der Waals surface area contributed by atoms with Crippen molar-refractivity contribution in [3.05, 3.63) is 57.7 Å². The van der Waals surface area contributed by atoms with Crippen molar-refractivity contribution < 1.29 is 4.79 Å². The summed E-state index contributed by atoms with van der Waals surface area (Å²) in [5.74, 6) is 2.58. The molecule has 0 aliphatic heterocycles. The molecule has 1 amide bonds. The number of carbonyl (C=O) groups excluding carboxylic acids is 1. The number of hydrogen-bond acceptors (Lipinski definition) is 6. The first-order valence-corrected chi connectivity index (χ1v) is 14.5. The molecule has 0 saturated heterocycles. The fourth-order valence-corrected chi connectivity index (χ4v) is 7.38. The molecule has 3 atom stereocenters. The van der Waals surface area contributed by atoms with Gasteiger partial charge in [-0.1, -0.05) is 69.3 Å². The van der Waals surface area contributed by atoms with Gasteiger partial charge < -0.3 is 9.88 Å². The molecule has 1 N–H and O–H groups in total. The minimum atomic E-state index is -0.112. The molecule has 1 fully saturated rings. The van der Waals surface area contributed by atoms with Crippen molar-refractivity contribution in [2.24, 2.45) is 18.4 Å². The summed E-state index contributed by atoms with van der Waals surface area (Å²) in [6, 6.07) is 12.9. The standard InChI is InChI=1S/C28H33N5OS2/c1-5-28(2,3)18-11-12-19-22(15-29)26(36-23(19)13-18)30-24(34)16-35-27-32-31-25(33(27)4)21-14-20(21)17-9-7-6-8-10-17/h6-10,18,20-21H,5,11-14,16H2,1-4H3,(H,30,34). The molecule has 2 aliphatic carbocycles. The lowest BCUT2D eigenvalue weighted by atomic mass is 9.69. The number of nitrogens with one attached hydrogen (secondary N) is 1. The lowest BCUT2D eigenvalue weighted by Crippen LogP contribution is -2.28. The van der Waals surface area contributed by atoms with E-state index in [0.29, 0.717) is 28.3 Å². The Morgan fingerprint density at radius 3 is 2.78 bits per heavy atom. The number of hydrogen-bond donors (Lipinski definition) is 1. The highest BCUT2D eigenvalue weighted by Crippen LogP contribution is 2.54. The normalized spacial score (nSPS) is 21.0. The monoisotopic (exact) mass is 519 g/mol. The molecule has 8 heteroatoms. The van der Waals surface area contributed by atoms with Crippen LogP contribution in [0.5, 0.6) is 0 Å². The van der Waals surface area contributed by atoms with Crippen molar-refractivity contribution in [3.8, 4) is 6.07 Å². The summed E-state index contributed by atoms with van der Waals surface area (Å²) in [5.41, 5.74) is 3.42. The first-order chi connectivity index (χ1) is 17.3. The van der Waals surface area contributed by atoms with E-state index in [2.05, 4.69) is 66.6 Å². The quantitative estimate of drug-likeness (QED) is 0.354. The van der Waals surface area contributed by atoms with E-state index in [-0.39, 0.29) is 17.1 Å². The summed E-state index contributed by atoms with van der Waals surface area (Å²) < 4.78 is 2.02. The molecule has 188 valence electrons. The molecular formula is C28H33N5OS2. The molecule has 5 rings (SSSR count). The first kappa shape index (κ1) is 25.0. The van der Waals surface area contributed by atoms with Crippen LogP contribution in [0.1, 0.15) is 79.3 Å². The predicted molar refractivity (Wildman–Crippen MR) is 146 cm³/mol. The molecule has 6 nitrogen and oxygen atoms in total. The molecule has 3 aromatic rings. The number of nitrogens with zero attached hydrogens (tertiary/aromatic N) is 4. The van der Waals surface area contributed by atoms with Crippen molar-refractivity contribution in [2.75, 3.05) is 11.1 Å². The molecule has 1 aromatic carbocycles. The van der Waals surface area contributed by atoms with Crippen molar-refractivity contribution in [2.45, 2.75) is 69.9 Å². The van der Waals surface area contributed by atoms with E-state index in [1.54, 1.807) is 11.3 Å². The lowest BCUT2D eigenvalue weighted by molar-refractivity contribution is -0.113. The number of nitriles is 1. The summed E-state index contributed by atoms with van der Waals surface area (Å²) in [6.07, 6.45) is 5.23. The summed E-state index contributed by atoms with van der Waals surface area (Å²) in [7, 11) is 1.98. The smallest absolute Gasteiger partial charge is 0.235 e. The third kappa shape index (κ3) is 4.83. The molecule has 2 aliphatic rings. The van der Waals surface area contributed by atoms with Gasteiger partial charge >= 0.3 is 0 Å². The van der Waals surface area contributed by atoms with Gasteiger partial charge in [0.2, 0.25) is 5.91 Å². The zero-order chi connectivity index (χ0) is 25.4. The Bertz CT molecular complexity index is 1300. The van der Waals surface area contributed by atoms with Crippen LogP contribution in [0.2, 0.25) is 0 Å². The average molecular weight is 520 g/mol. The van der Waals surface area contributed by atoms with E-state index < -0.39 is 0 Å². The molecular weight excluding hydrogens is 486 g/mol. The summed E-state index contributed by atoms with van der Waals surface area (Å²) in [6.45, 7) is 6.93. The van der Waals surface area contributed by atoms with E-state index in [1.165, 1.54) is 22.2 Å². The Morgan fingerprint density at radius 1 is 1.28 bits per heavy atom. The van der Waals surface area contributed by atoms with Gasteiger partial charge in [-0.2, -0.15) is 5.26 Å². The van der Waals surface area contributed by atoms with Gasteiger partial charge in [-0.05, 0) is 54.1 Å². The number of fused-ring (bicyclic) bond motifs is 1. The highest BCUT2D eigenvalue weighted by atomic mass is 32.2. The molecule has 0 spiro atoms. The lowest BCUT2D eigenvalue weighted by Gasteiger charge is -2.36. The Labute approximate surface area is 221 Å². The number of thioether (sulfide) groups is 1. The third-order valence-corrected chi connectivity index (χ3v) is 10.4. The predicted octanol–water partition coefficient (Wildman–Crippen LogP) is 6.29. The maximum Gasteiger partial charge on any atom is 0.235 e. The van der Waals surface area contributed by atoms with Crippen molar-refractivity contribution in [1.29, 1.82) is 5.26 Å². The minimum Gasteiger partial charge on any atom is -0.316 e. The zero-order valence-electron chi connectivity index (χ0n) is 21.4. The molecule has 0 bridgehead atoms. The summed E-state index contributed by atoms with van der Waals surface area (Å²) in [5, 5.41) is 23.1. The van der Waals surface area contributed by atoms with Gasteiger partial charge in [0.25, 0.3) is 0 Å². The second kappa shape index (κ2) is 10.0. The SMILES string of the molecule is CCC(C)(C)C1CCc2c(sc(NC(=O)CSc3nnc(C4CC4c4ccccc4)n3C)c2C#N)C1. The number of thiophene rings is 1. The Balaban J connectivity index is 1.21. The number of rotatable bonds is 8. The molecule has 2 aromatic heterocycles. The largest absolute Gasteiger partial charge is 0.316 e. The van der Waals surface area contributed by atoms with Crippen LogP contribution in [0.15, 0.2) is 35.5 Å². The number of amides is 1. The molecule has 1 saturated carbocycles. The van der Waals surface area contributed by atoms with E-state index in [1.807, 2.05) is 17.7 Å². The Morgan fingerprint density at radius 2 is 2.06 bits per heavy atom. The Hall–Kier alpha value is -2.63. The zero-order valence-corrected chi connectivity index (χ0v) is 23.0. The maximum atomic E-state index is 12.8. The molecule has 3 unspecified atom stereocenters. The average Bonchev–Trinajstić information content (AvgIpc) is 3.48. The van der Waals surface area contributed by atoms with Crippen molar-refractivity contribution in [3.63, 3.8) is 0 Å². The first-order valence-electron chi connectivity index (χ1n) is 12.7. The van der Waals surface area contributed by atoms with Gasteiger partial charge in [0.15, 0.2) is 5.16 Å². The van der Waals surface area contributed by atoms with Crippen molar-refractivity contribution in [1.82, 2.24) is 14.8 Å². The van der Waals surface area contributed by atoms with Gasteiger partial charge in [0.1, 0.15) is 16.9 Å². The van der Waals surface area contributed by atoms with Crippen LogP contribution in [-0.2, 0) is 24.7 Å². The van der Waals surface area contributed by atoms with Crippen LogP contribution >= 0.6 is 23.1 Å².